The van der Waals surface area contributed by atoms with Crippen LogP contribution in [0.25, 0.3) is 22.5 Å². The van der Waals surface area contributed by atoms with E-state index in [1.165, 1.54) is 0 Å². The van der Waals surface area contributed by atoms with Gasteiger partial charge in [0.25, 0.3) is 11.8 Å². The largest absolute Gasteiger partial charge is 0.339 e. The summed E-state index contributed by atoms with van der Waals surface area (Å²) in [6.07, 6.45) is 1.84. The summed E-state index contributed by atoms with van der Waals surface area (Å²) in [4.78, 5) is 38.0. The maximum Gasteiger partial charge on any atom is 0.254 e. The van der Waals surface area contributed by atoms with Crippen LogP contribution in [0.1, 0.15) is 39.1 Å². The fraction of sp³-hybridized carbons (Fsp3) is 0.257. The topological polar surface area (TPSA) is 80.5 Å². The van der Waals surface area contributed by atoms with Crippen molar-refractivity contribution in [2.24, 2.45) is 0 Å². The molecule has 7 nitrogen and oxygen atoms in total. The van der Waals surface area contributed by atoms with E-state index in [1.807, 2.05) is 82.6 Å². The maximum atomic E-state index is 13.8. The zero-order valence-electron chi connectivity index (χ0n) is 23.5. The average molecular weight is 556 g/mol. The Labute approximate surface area is 246 Å². The van der Waals surface area contributed by atoms with Crippen LogP contribution >= 0.6 is 0 Å². The first kappa shape index (κ1) is 27.4. The lowest BCUT2D eigenvalue weighted by Gasteiger charge is -2.42. The number of aromatic nitrogens is 1. The second-order valence-corrected chi connectivity index (χ2v) is 10.9. The van der Waals surface area contributed by atoms with Crippen LogP contribution in [0.2, 0.25) is 0 Å². The predicted molar refractivity (Wildman–Crippen MR) is 163 cm³/mol. The van der Waals surface area contributed by atoms with Crippen LogP contribution in [0, 0.1) is 11.3 Å². The number of amides is 2. The van der Waals surface area contributed by atoms with E-state index in [0.29, 0.717) is 48.9 Å². The van der Waals surface area contributed by atoms with Crippen molar-refractivity contribution in [3.8, 4) is 28.6 Å². The zero-order valence-corrected chi connectivity index (χ0v) is 23.5. The summed E-state index contributed by atoms with van der Waals surface area (Å²) in [5.41, 5.74) is 5.39. The van der Waals surface area contributed by atoms with Crippen molar-refractivity contribution in [1.82, 2.24) is 19.7 Å². The van der Waals surface area contributed by atoms with Crippen LogP contribution in [-0.4, -0.2) is 76.8 Å². The molecule has 2 fully saturated rings. The molecule has 4 aromatic rings. The third-order valence-electron chi connectivity index (χ3n) is 8.34. The van der Waals surface area contributed by atoms with Crippen LogP contribution in [0.4, 0.5) is 0 Å². The fourth-order valence-corrected chi connectivity index (χ4v) is 5.94. The van der Waals surface area contributed by atoms with E-state index >= 15 is 0 Å². The molecule has 3 aromatic carbocycles. The monoisotopic (exact) mass is 555 g/mol. The van der Waals surface area contributed by atoms with E-state index in [1.54, 1.807) is 24.3 Å². The number of carbonyl (C=O) groups excluding carboxylic acids is 2. The summed E-state index contributed by atoms with van der Waals surface area (Å²) in [5.74, 6) is 0.0599. The highest BCUT2D eigenvalue weighted by molar-refractivity contribution is 5.96. The van der Waals surface area contributed by atoms with Gasteiger partial charge in [-0.1, -0.05) is 60.7 Å². The van der Waals surface area contributed by atoms with Gasteiger partial charge < -0.3 is 9.80 Å². The molecule has 42 heavy (non-hydrogen) atoms. The number of nitriles is 1. The number of likely N-dealkylation sites (tertiary alicyclic amines) is 1. The molecule has 1 aromatic heterocycles. The molecular weight excluding hydrogens is 522 g/mol. The molecule has 0 atom stereocenters. The predicted octanol–water partition coefficient (Wildman–Crippen LogP) is 5.35. The third-order valence-corrected chi connectivity index (χ3v) is 8.34. The van der Waals surface area contributed by atoms with Gasteiger partial charge in [-0.25, -0.2) is 4.98 Å². The zero-order chi connectivity index (χ0) is 28.9. The Morgan fingerprint density at radius 3 is 1.67 bits per heavy atom. The molecule has 0 radical (unpaired) electrons. The highest BCUT2D eigenvalue weighted by Gasteiger charge is 2.31. The van der Waals surface area contributed by atoms with Crippen LogP contribution < -0.4 is 0 Å². The Balaban J connectivity index is 1.09. The van der Waals surface area contributed by atoms with E-state index in [4.69, 9.17) is 10.2 Å². The number of piperidine rings is 1. The molecule has 0 N–H and O–H groups in total. The van der Waals surface area contributed by atoms with E-state index in [2.05, 4.69) is 11.0 Å². The van der Waals surface area contributed by atoms with Gasteiger partial charge in [-0.05, 0) is 49.2 Å². The molecule has 7 heteroatoms. The second-order valence-electron chi connectivity index (χ2n) is 10.9. The molecule has 0 bridgehead atoms. The van der Waals surface area contributed by atoms with Gasteiger partial charge in [0.05, 0.1) is 23.0 Å². The van der Waals surface area contributed by atoms with Crippen molar-refractivity contribution in [3.63, 3.8) is 0 Å². The van der Waals surface area contributed by atoms with E-state index in [0.717, 1.165) is 48.4 Å². The Morgan fingerprint density at radius 2 is 1.14 bits per heavy atom. The first-order valence-corrected chi connectivity index (χ1v) is 14.5. The van der Waals surface area contributed by atoms with E-state index in [9.17, 15) is 9.59 Å². The molecule has 2 aliphatic rings. The molecule has 0 spiro atoms. The van der Waals surface area contributed by atoms with Crippen LogP contribution in [0.15, 0.2) is 97.1 Å². The molecule has 0 aliphatic carbocycles. The molecule has 3 heterocycles. The number of rotatable bonds is 5. The Morgan fingerprint density at radius 1 is 0.643 bits per heavy atom. The fourth-order valence-electron chi connectivity index (χ4n) is 5.94. The molecule has 0 unspecified atom stereocenters. The number of carbonyl (C=O) groups is 2. The number of hydrogen-bond acceptors (Lipinski definition) is 5. The molecule has 6 rings (SSSR count). The lowest BCUT2D eigenvalue weighted by atomic mass is 10.0. The van der Waals surface area contributed by atoms with Crippen molar-refractivity contribution in [1.29, 1.82) is 5.26 Å². The number of piperazine rings is 1. The minimum absolute atomic E-state index is 0.0236. The molecular formula is C35H33N5O2. The van der Waals surface area contributed by atoms with Gasteiger partial charge in [0.15, 0.2) is 0 Å². The van der Waals surface area contributed by atoms with Gasteiger partial charge in [0.2, 0.25) is 0 Å². The van der Waals surface area contributed by atoms with Gasteiger partial charge in [-0.3, -0.25) is 14.5 Å². The molecule has 210 valence electrons. The summed E-state index contributed by atoms with van der Waals surface area (Å²) in [6.45, 7) is 4.42. The van der Waals surface area contributed by atoms with Gasteiger partial charge >= 0.3 is 0 Å². The van der Waals surface area contributed by atoms with Gasteiger partial charge in [0, 0.05) is 67.6 Å². The Hall–Kier alpha value is -4.80. The molecule has 2 aliphatic heterocycles. The quantitative estimate of drug-likeness (QED) is 0.332. The highest BCUT2D eigenvalue weighted by atomic mass is 16.2. The van der Waals surface area contributed by atoms with E-state index < -0.39 is 0 Å². The summed E-state index contributed by atoms with van der Waals surface area (Å²) >= 11 is 0. The first-order valence-electron chi connectivity index (χ1n) is 14.5. The van der Waals surface area contributed by atoms with Crippen molar-refractivity contribution >= 4 is 11.8 Å². The molecule has 0 saturated carbocycles. The van der Waals surface area contributed by atoms with Crippen LogP contribution in [0.5, 0.6) is 0 Å². The maximum absolute atomic E-state index is 13.8. The average Bonchev–Trinajstić information content (AvgIpc) is 3.08. The number of pyridine rings is 1. The third kappa shape index (κ3) is 5.95. The SMILES string of the molecule is N#Cc1ccc(C(=O)N2CCC(N3CCN(C(=O)c4cc(-c5ccccc5)nc(-c5ccccc5)c4)CC3)CC2)cc1. The lowest BCUT2D eigenvalue weighted by Crippen LogP contribution is -2.54. The lowest BCUT2D eigenvalue weighted by molar-refractivity contribution is 0.0412. The number of nitrogens with zero attached hydrogens (tertiary/aromatic N) is 5. The normalized spacial score (nSPS) is 16.2. The summed E-state index contributed by atoms with van der Waals surface area (Å²) < 4.78 is 0. The van der Waals surface area contributed by atoms with Crippen molar-refractivity contribution < 1.29 is 9.59 Å². The standard InChI is InChI=1S/C35H33N5O2/c36-25-26-11-13-29(14-12-26)34(41)39-17-15-31(16-18-39)38-19-21-40(22-20-38)35(42)30-23-32(27-7-3-1-4-8-27)37-33(24-30)28-9-5-2-6-10-28/h1-14,23-24,31H,15-22H2. The van der Waals surface area contributed by atoms with Gasteiger partial charge in [-0.15, -0.1) is 0 Å². The minimum atomic E-state index is 0.0236. The van der Waals surface area contributed by atoms with Crippen molar-refractivity contribution in [2.75, 3.05) is 39.3 Å². The smallest absolute Gasteiger partial charge is 0.254 e. The van der Waals surface area contributed by atoms with Crippen LogP contribution in [-0.2, 0) is 0 Å². The summed E-state index contributed by atoms with van der Waals surface area (Å²) in [7, 11) is 0. The molecule has 2 amide bonds. The summed E-state index contributed by atoms with van der Waals surface area (Å²) in [5, 5.41) is 9.01. The molecule has 2 saturated heterocycles. The second kappa shape index (κ2) is 12.4. The number of hydrogen-bond donors (Lipinski definition) is 0. The van der Waals surface area contributed by atoms with Crippen molar-refractivity contribution in [2.45, 2.75) is 18.9 Å². The van der Waals surface area contributed by atoms with Crippen molar-refractivity contribution in [3.05, 3.63) is 114 Å². The van der Waals surface area contributed by atoms with Crippen LogP contribution in [0.3, 0.4) is 0 Å². The van der Waals surface area contributed by atoms with E-state index in [-0.39, 0.29) is 11.8 Å². The Kier molecular flexibility index (Phi) is 8.07. The van der Waals surface area contributed by atoms with Gasteiger partial charge in [-0.2, -0.15) is 5.26 Å². The van der Waals surface area contributed by atoms with Gasteiger partial charge in [0.1, 0.15) is 0 Å². The Bertz CT molecular complexity index is 1520. The number of benzene rings is 3. The minimum Gasteiger partial charge on any atom is -0.339 e. The highest BCUT2D eigenvalue weighted by Crippen LogP contribution is 2.26. The summed E-state index contributed by atoms with van der Waals surface area (Å²) in [6, 6.07) is 33.2. The first-order chi connectivity index (χ1) is 20.6.